The summed E-state index contributed by atoms with van der Waals surface area (Å²) < 4.78 is 1.59. The van der Waals surface area contributed by atoms with Crippen LogP contribution >= 0.6 is 0 Å². The number of carbonyl (C=O) groups is 2. The quantitative estimate of drug-likeness (QED) is 0.762. The van der Waals surface area contributed by atoms with E-state index in [0.717, 1.165) is 51.9 Å². The van der Waals surface area contributed by atoms with Gasteiger partial charge in [0, 0.05) is 44.4 Å². The van der Waals surface area contributed by atoms with Crippen molar-refractivity contribution in [2.24, 2.45) is 11.3 Å². The summed E-state index contributed by atoms with van der Waals surface area (Å²) in [4.78, 5) is 29.0. The first-order valence-corrected chi connectivity index (χ1v) is 9.74. The molecule has 1 aromatic rings. The Hall–Kier alpha value is -1.99. The molecule has 0 saturated carbocycles. The number of piperidine rings is 2. The number of hydrogen-bond acceptors (Lipinski definition) is 5. The molecule has 1 unspecified atom stereocenters. The lowest BCUT2D eigenvalue weighted by Gasteiger charge is -2.48. The van der Waals surface area contributed by atoms with E-state index in [1.807, 2.05) is 9.80 Å². The molecule has 0 aliphatic carbocycles. The van der Waals surface area contributed by atoms with Gasteiger partial charge in [-0.25, -0.2) is 4.68 Å². The number of aromatic nitrogens is 4. The number of likely N-dealkylation sites (tertiary alicyclic amines) is 2. The van der Waals surface area contributed by atoms with Crippen LogP contribution in [0.4, 0.5) is 0 Å². The van der Waals surface area contributed by atoms with Gasteiger partial charge in [0.05, 0.1) is 6.54 Å². The molecular formula is C18H30N6O2. The Morgan fingerprint density at radius 1 is 1.27 bits per heavy atom. The van der Waals surface area contributed by atoms with E-state index in [4.69, 9.17) is 0 Å². The third-order valence-electron chi connectivity index (χ3n) is 5.68. The normalized spacial score (nSPS) is 23.9. The van der Waals surface area contributed by atoms with Gasteiger partial charge in [0.2, 0.25) is 11.8 Å². The van der Waals surface area contributed by atoms with Gasteiger partial charge >= 0.3 is 0 Å². The lowest BCUT2D eigenvalue weighted by molar-refractivity contribution is -0.143. The number of nitrogens with zero attached hydrogens (tertiary/aromatic N) is 6. The zero-order valence-electron chi connectivity index (χ0n) is 15.9. The molecule has 0 bridgehead atoms. The molecule has 26 heavy (non-hydrogen) atoms. The summed E-state index contributed by atoms with van der Waals surface area (Å²) in [5.41, 5.74) is 0.0770. The summed E-state index contributed by atoms with van der Waals surface area (Å²) >= 11 is 0. The largest absolute Gasteiger partial charge is 0.342 e. The zero-order chi connectivity index (χ0) is 18.6. The molecule has 8 nitrogen and oxygen atoms in total. The molecular weight excluding hydrogens is 332 g/mol. The second-order valence-corrected chi connectivity index (χ2v) is 8.24. The fraction of sp³-hybridized carbons (Fsp3) is 0.833. The molecule has 2 aliphatic rings. The fourth-order valence-electron chi connectivity index (χ4n) is 4.13. The van der Waals surface area contributed by atoms with Crippen LogP contribution in [0, 0.1) is 11.3 Å². The highest BCUT2D eigenvalue weighted by Crippen LogP contribution is 2.39. The lowest BCUT2D eigenvalue weighted by atomic mass is 9.73. The molecule has 1 spiro atoms. The summed E-state index contributed by atoms with van der Waals surface area (Å²) in [6.07, 6.45) is 6.63. The molecule has 8 heteroatoms. The minimum Gasteiger partial charge on any atom is -0.342 e. The molecule has 1 aromatic heterocycles. The van der Waals surface area contributed by atoms with E-state index in [9.17, 15) is 9.59 Å². The molecule has 2 fully saturated rings. The maximum absolute atomic E-state index is 12.6. The van der Waals surface area contributed by atoms with Crippen LogP contribution in [0.25, 0.3) is 0 Å². The SMILES string of the molecule is CC(C)CCN1CC2(CCCN(C(=O)CCn3cnnn3)C2)CCC1=O. The highest BCUT2D eigenvalue weighted by Gasteiger charge is 2.42. The Morgan fingerprint density at radius 3 is 2.85 bits per heavy atom. The number of rotatable bonds is 6. The number of hydrogen-bond donors (Lipinski definition) is 0. The van der Waals surface area contributed by atoms with E-state index in [0.29, 0.717) is 25.3 Å². The predicted octanol–water partition coefficient (Wildman–Crippen LogP) is 1.34. The van der Waals surface area contributed by atoms with Crippen molar-refractivity contribution in [1.29, 1.82) is 0 Å². The second kappa shape index (κ2) is 8.14. The van der Waals surface area contributed by atoms with Crippen LogP contribution in [-0.2, 0) is 16.1 Å². The van der Waals surface area contributed by atoms with Crippen molar-refractivity contribution >= 4 is 11.8 Å². The fourth-order valence-corrected chi connectivity index (χ4v) is 4.13. The van der Waals surface area contributed by atoms with Crippen LogP contribution in [0.1, 0.15) is 52.4 Å². The molecule has 2 saturated heterocycles. The summed E-state index contributed by atoms with van der Waals surface area (Å²) in [6, 6.07) is 0. The van der Waals surface area contributed by atoms with Crippen molar-refractivity contribution in [3.8, 4) is 0 Å². The number of aryl methyl sites for hydroxylation is 1. The second-order valence-electron chi connectivity index (χ2n) is 8.24. The summed E-state index contributed by atoms with van der Waals surface area (Å²) in [5.74, 6) is 1.03. The van der Waals surface area contributed by atoms with Crippen LogP contribution in [-0.4, -0.2) is 68.0 Å². The molecule has 2 amide bonds. The molecule has 3 rings (SSSR count). The Morgan fingerprint density at radius 2 is 2.12 bits per heavy atom. The van der Waals surface area contributed by atoms with E-state index < -0.39 is 0 Å². The van der Waals surface area contributed by atoms with Gasteiger partial charge in [-0.05, 0) is 42.0 Å². The first-order valence-electron chi connectivity index (χ1n) is 9.74. The van der Waals surface area contributed by atoms with Crippen molar-refractivity contribution in [1.82, 2.24) is 30.0 Å². The smallest absolute Gasteiger partial charge is 0.224 e. The average molecular weight is 362 g/mol. The minimum atomic E-state index is 0.0770. The zero-order valence-corrected chi connectivity index (χ0v) is 15.9. The van der Waals surface area contributed by atoms with Crippen LogP contribution in [0.2, 0.25) is 0 Å². The van der Waals surface area contributed by atoms with Crippen LogP contribution < -0.4 is 0 Å². The number of carbonyl (C=O) groups excluding carboxylic acids is 2. The monoisotopic (exact) mass is 362 g/mol. The Bertz CT molecular complexity index is 617. The molecule has 0 N–H and O–H groups in total. The van der Waals surface area contributed by atoms with E-state index in [1.54, 1.807) is 4.68 Å². The van der Waals surface area contributed by atoms with Gasteiger partial charge in [0.25, 0.3) is 0 Å². The lowest BCUT2D eigenvalue weighted by Crippen LogP contribution is -2.55. The first-order chi connectivity index (χ1) is 12.5. The van der Waals surface area contributed by atoms with Gasteiger partial charge in [-0.2, -0.15) is 0 Å². The van der Waals surface area contributed by atoms with E-state index in [-0.39, 0.29) is 17.2 Å². The summed E-state index contributed by atoms with van der Waals surface area (Å²) in [6.45, 7) is 8.11. The molecule has 144 valence electrons. The topological polar surface area (TPSA) is 84.2 Å². The predicted molar refractivity (Wildman–Crippen MR) is 96.0 cm³/mol. The maximum Gasteiger partial charge on any atom is 0.224 e. The first kappa shape index (κ1) is 18.8. The molecule has 0 aromatic carbocycles. The van der Waals surface area contributed by atoms with Crippen molar-refractivity contribution in [3.05, 3.63) is 6.33 Å². The number of amides is 2. The van der Waals surface area contributed by atoms with Gasteiger partial charge in [0.15, 0.2) is 0 Å². The van der Waals surface area contributed by atoms with Gasteiger partial charge in [-0.15, -0.1) is 5.10 Å². The third-order valence-corrected chi connectivity index (χ3v) is 5.68. The van der Waals surface area contributed by atoms with Crippen molar-refractivity contribution in [2.45, 2.75) is 58.9 Å². The molecule has 3 heterocycles. The van der Waals surface area contributed by atoms with Gasteiger partial charge in [0.1, 0.15) is 6.33 Å². The van der Waals surface area contributed by atoms with E-state index in [1.165, 1.54) is 6.33 Å². The highest BCUT2D eigenvalue weighted by atomic mass is 16.2. The van der Waals surface area contributed by atoms with Crippen LogP contribution in [0.15, 0.2) is 6.33 Å². The average Bonchev–Trinajstić information content (AvgIpc) is 3.14. The molecule has 1 atom stereocenters. The maximum atomic E-state index is 12.6. The summed E-state index contributed by atoms with van der Waals surface area (Å²) in [5, 5.41) is 11.0. The molecule has 2 aliphatic heterocycles. The Balaban J connectivity index is 1.57. The van der Waals surface area contributed by atoms with Gasteiger partial charge < -0.3 is 9.80 Å². The highest BCUT2D eigenvalue weighted by molar-refractivity contribution is 5.78. The Labute approximate surface area is 154 Å². The van der Waals surface area contributed by atoms with Crippen LogP contribution in [0.3, 0.4) is 0 Å². The van der Waals surface area contributed by atoms with Gasteiger partial charge in [-0.1, -0.05) is 13.8 Å². The Kier molecular flexibility index (Phi) is 5.88. The minimum absolute atomic E-state index is 0.0770. The van der Waals surface area contributed by atoms with Crippen molar-refractivity contribution < 1.29 is 9.59 Å². The standard InChI is InChI=1S/C18H30N6O2/c1-15(2)5-10-23-13-18(8-4-16(23)25)7-3-9-22(12-18)17(26)6-11-24-14-19-20-21-24/h14-15H,3-13H2,1-2H3. The van der Waals surface area contributed by atoms with Crippen molar-refractivity contribution in [3.63, 3.8) is 0 Å². The van der Waals surface area contributed by atoms with E-state index in [2.05, 4.69) is 29.4 Å². The third kappa shape index (κ3) is 4.59. The summed E-state index contributed by atoms with van der Waals surface area (Å²) in [7, 11) is 0. The molecule has 0 radical (unpaired) electrons. The van der Waals surface area contributed by atoms with Crippen LogP contribution in [0.5, 0.6) is 0 Å². The van der Waals surface area contributed by atoms with Gasteiger partial charge in [-0.3, -0.25) is 9.59 Å². The number of tetrazole rings is 1. The van der Waals surface area contributed by atoms with Crippen molar-refractivity contribution in [2.75, 3.05) is 26.2 Å². The van der Waals surface area contributed by atoms with E-state index >= 15 is 0 Å².